The summed E-state index contributed by atoms with van der Waals surface area (Å²) in [6, 6.07) is 4.68. The second-order valence-electron chi connectivity index (χ2n) is 6.01. The van der Waals surface area contributed by atoms with Crippen molar-refractivity contribution < 1.29 is 9.18 Å². The summed E-state index contributed by atoms with van der Waals surface area (Å²) in [6.45, 7) is 2.91. The topological polar surface area (TPSA) is 32.3 Å². The van der Waals surface area contributed by atoms with Crippen molar-refractivity contribution >= 4 is 21.8 Å². The molecular formula is C16H20BrFN2O. The lowest BCUT2D eigenvalue weighted by Gasteiger charge is -2.30. The summed E-state index contributed by atoms with van der Waals surface area (Å²) in [5.74, 6) is 0.285. The molecule has 2 aliphatic rings. The van der Waals surface area contributed by atoms with Gasteiger partial charge in [-0.2, -0.15) is 0 Å². The molecule has 0 aromatic heterocycles. The molecular weight excluding hydrogens is 335 g/mol. The molecule has 1 aromatic rings. The highest BCUT2D eigenvalue weighted by molar-refractivity contribution is 9.10. The van der Waals surface area contributed by atoms with E-state index >= 15 is 0 Å². The van der Waals surface area contributed by atoms with Crippen LogP contribution in [0.3, 0.4) is 0 Å². The number of amides is 1. The van der Waals surface area contributed by atoms with E-state index in [0.29, 0.717) is 22.0 Å². The standard InChI is InChI=1S/C16H20BrFN2O/c17-15-9-12(18)1-4-14(15)16(21)20(13-2-3-13)10-11-5-7-19-8-6-11/h1,4,9,11,13,19H,2-3,5-8,10H2. The molecule has 3 rings (SSSR count). The van der Waals surface area contributed by atoms with Crippen LogP contribution in [0.25, 0.3) is 0 Å². The molecule has 0 atom stereocenters. The Kier molecular flexibility index (Phi) is 4.60. The first-order chi connectivity index (χ1) is 10.1. The highest BCUT2D eigenvalue weighted by Crippen LogP contribution is 2.31. The number of piperidine rings is 1. The molecule has 1 amide bonds. The smallest absolute Gasteiger partial charge is 0.255 e. The Morgan fingerprint density at radius 1 is 1.29 bits per heavy atom. The summed E-state index contributed by atoms with van der Waals surface area (Å²) in [5, 5.41) is 3.36. The number of benzene rings is 1. The summed E-state index contributed by atoms with van der Waals surface area (Å²) >= 11 is 3.31. The van der Waals surface area contributed by atoms with Crippen LogP contribution < -0.4 is 5.32 Å². The molecule has 114 valence electrons. The van der Waals surface area contributed by atoms with Gasteiger partial charge in [-0.15, -0.1) is 0 Å². The predicted octanol–water partition coefficient (Wildman–Crippen LogP) is 3.19. The number of hydrogen-bond acceptors (Lipinski definition) is 2. The van der Waals surface area contributed by atoms with Crippen molar-refractivity contribution in [1.82, 2.24) is 10.2 Å². The van der Waals surface area contributed by atoms with Crippen LogP contribution in [-0.4, -0.2) is 36.5 Å². The summed E-state index contributed by atoms with van der Waals surface area (Å²) in [6.07, 6.45) is 4.44. The third-order valence-corrected chi connectivity index (χ3v) is 4.98. The number of carbonyl (C=O) groups excluding carboxylic acids is 1. The van der Waals surface area contributed by atoms with Crippen molar-refractivity contribution in [2.24, 2.45) is 5.92 Å². The number of halogens is 2. The first-order valence-electron chi connectivity index (χ1n) is 7.62. The van der Waals surface area contributed by atoms with Crippen molar-refractivity contribution in [2.45, 2.75) is 31.7 Å². The van der Waals surface area contributed by atoms with Crippen molar-refractivity contribution in [1.29, 1.82) is 0 Å². The number of carbonyl (C=O) groups is 1. The summed E-state index contributed by atoms with van der Waals surface area (Å²) < 4.78 is 13.7. The average Bonchev–Trinajstić information content (AvgIpc) is 3.30. The second-order valence-corrected chi connectivity index (χ2v) is 6.86. The molecule has 21 heavy (non-hydrogen) atoms. The molecule has 0 spiro atoms. The lowest BCUT2D eigenvalue weighted by Crippen LogP contribution is -2.40. The Morgan fingerprint density at radius 2 is 2.00 bits per heavy atom. The Balaban J connectivity index is 1.75. The van der Waals surface area contributed by atoms with E-state index in [-0.39, 0.29) is 11.7 Å². The largest absolute Gasteiger partial charge is 0.335 e. The maximum absolute atomic E-state index is 13.2. The van der Waals surface area contributed by atoms with Crippen LogP contribution in [0.2, 0.25) is 0 Å². The molecule has 0 radical (unpaired) electrons. The van der Waals surface area contributed by atoms with Gasteiger partial charge in [-0.3, -0.25) is 4.79 Å². The minimum absolute atomic E-state index is 0.0305. The van der Waals surface area contributed by atoms with Gasteiger partial charge in [-0.1, -0.05) is 0 Å². The summed E-state index contributed by atoms with van der Waals surface area (Å²) in [4.78, 5) is 14.8. The normalized spacial score (nSPS) is 19.5. The highest BCUT2D eigenvalue weighted by atomic mass is 79.9. The number of hydrogen-bond donors (Lipinski definition) is 1. The van der Waals surface area contributed by atoms with E-state index in [2.05, 4.69) is 21.2 Å². The van der Waals surface area contributed by atoms with E-state index in [1.165, 1.54) is 12.1 Å². The van der Waals surface area contributed by atoms with Gasteiger partial charge in [0.05, 0.1) is 5.56 Å². The van der Waals surface area contributed by atoms with Gasteiger partial charge in [0.25, 0.3) is 5.91 Å². The molecule has 1 aliphatic heterocycles. The Hall–Kier alpha value is -0.940. The molecule has 2 fully saturated rings. The molecule has 0 unspecified atom stereocenters. The van der Waals surface area contributed by atoms with Crippen LogP contribution in [0.5, 0.6) is 0 Å². The van der Waals surface area contributed by atoms with Gasteiger partial charge in [0.2, 0.25) is 0 Å². The van der Waals surface area contributed by atoms with Crippen LogP contribution in [-0.2, 0) is 0 Å². The van der Waals surface area contributed by atoms with Gasteiger partial charge in [0.1, 0.15) is 5.82 Å². The second kappa shape index (κ2) is 6.44. The van der Waals surface area contributed by atoms with Crippen molar-refractivity contribution in [3.05, 3.63) is 34.1 Å². The number of nitrogens with one attached hydrogen (secondary N) is 1. The summed E-state index contributed by atoms with van der Waals surface area (Å²) in [5.41, 5.74) is 0.567. The van der Waals surface area contributed by atoms with E-state index in [9.17, 15) is 9.18 Å². The molecule has 1 saturated carbocycles. The lowest BCUT2D eigenvalue weighted by atomic mass is 9.97. The third-order valence-electron chi connectivity index (χ3n) is 4.32. The van der Waals surface area contributed by atoms with E-state index < -0.39 is 0 Å². The lowest BCUT2D eigenvalue weighted by molar-refractivity contribution is 0.0700. The molecule has 1 saturated heterocycles. The average molecular weight is 355 g/mol. The molecule has 5 heteroatoms. The van der Waals surface area contributed by atoms with Crippen LogP contribution in [0.4, 0.5) is 4.39 Å². The number of nitrogens with zero attached hydrogens (tertiary/aromatic N) is 1. The fourth-order valence-corrected chi connectivity index (χ4v) is 3.46. The zero-order chi connectivity index (χ0) is 14.8. The predicted molar refractivity (Wildman–Crippen MR) is 83.8 cm³/mol. The van der Waals surface area contributed by atoms with Crippen LogP contribution in [0, 0.1) is 11.7 Å². The third kappa shape index (κ3) is 3.64. The SMILES string of the molecule is O=C(c1ccc(F)cc1Br)N(CC1CCNCC1)C1CC1. The van der Waals surface area contributed by atoms with Gasteiger partial charge in [-0.05, 0) is 78.8 Å². The van der Waals surface area contributed by atoms with E-state index in [4.69, 9.17) is 0 Å². The van der Waals surface area contributed by atoms with Crippen LogP contribution in [0.1, 0.15) is 36.0 Å². The molecule has 1 aromatic carbocycles. The van der Waals surface area contributed by atoms with E-state index in [0.717, 1.165) is 45.3 Å². The Morgan fingerprint density at radius 3 is 2.62 bits per heavy atom. The quantitative estimate of drug-likeness (QED) is 0.900. The zero-order valence-electron chi connectivity index (χ0n) is 11.9. The first kappa shape index (κ1) is 15.0. The fourth-order valence-electron chi connectivity index (χ4n) is 2.94. The molecule has 0 bridgehead atoms. The van der Waals surface area contributed by atoms with Crippen LogP contribution >= 0.6 is 15.9 Å². The zero-order valence-corrected chi connectivity index (χ0v) is 13.5. The monoisotopic (exact) mass is 354 g/mol. The molecule has 1 heterocycles. The van der Waals surface area contributed by atoms with Crippen molar-refractivity contribution in [3.8, 4) is 0 Å². The molecule has 1 N–H and O–H groups in total. The minimum Gasteiger partial charge on any atom is -0.335 e. The molecule has 1 aliphatic carbocycles. The van der Waals surface area contributed by atoms with E-state index in [1.807, 2.05) is 4.90 Å². The summed E-state index contributed by atoms with van der Waals surface area (Å²) in [7, 11) is 0. The minimum atomic E-state index is -0.324. The maximum Gasteiger partial charge on any atom is 0.255 e. The van der Waals surface area contributed by atoms with Crippen molar-refractivity contribution in [2.75, 3.05) is 19.6 Å². The van der Waals surface area contributed by atoms with Crippen LogP contribution in [0.15, 0.2) is 22.7 Å². The Bertz CT molecular complexity index is 527. The first-order valence-corrected chi connectivity index (χ1v) is 8.41. The van der Waals surface area contributed by atoms with E-state index in [1.54, 1.807) is 6.07 Å². The van der Waals surface area contributed by atoms with Gasteiger partial charge < -0.3 is 10.2 Å². The molecule has 3 nitrogen and oxygen atoms in total. The Labute approximate surface area is 133 Å². The van der Waals surface area contributed by atoms with Gasteiger partial charge in [0.15, 0.2) is 0 Å². The maximum atomic E-state index is 13.2. The van der Waals surface area contributed by atoms with Gasteiger partial charge in [0, 0.05) is 17.1 Å². The highest BCUT2D eigenvalue weighted by Gasteiger charge is 2.35. The van der Waals surface area contributed by atoms with Gasteiger partial charge in [-0.25, -0.2) is 4.39 Å². The fraction of sp³-hybridized carbons (Fsp3) is 0.562. The van der Waals surface area contributed by atoms with Gasteiger partial charge >= 0.3 is 0 Å². The number of rotatable bonds is 4. The van der Waals surface area contributed by atoms with Crippen molar-refractivity contribution in [3.63, 3.8) is 0 Å².